The lowest BCUT2D eigenvalue weighted by molar-refractivity contribution is 0.471. The first-order valence-electron chi connectivity index (χ1n) is 4.68. The number of phenols is 1. The lowest BCUT2D eigenvalue weighted by Crippen LogP contribution is -2.06. The number of halogens is 1. The van der Waals surface area contributed by atoms with Crippen molar-refractivity contribution in [2.75, 3.05) is 0 Å². The highest BCUT2D eigenvalue weighted by Gasteiger charge is 2.56. The summed E-state index contributed by atoms with van der Waals surface area (Å²) < 4.78 is 0.741. The van der Waals surface area contributed by atoms with E-state index in [0.717, 1.165) is 4.47 Å². The van der Waals surface area contributed by atoms with Crippen LogP contribution in [0.25, 0.3) is 0 Å². The molecular formula is C11H14BrNO. The SMILES string of the molecule is CC1(C)C(N)C1c1ccc(O)c(Br)c1. The lowest BCUT2D eigenvalue weighted by atomic mass is 10.0. The van der Waals surface area contributed by atoms with E-state index in [1.165, 1.54) is 5.56 Å². The Labute approximate surface area is 92.3 Å². The summed E-state index contributed by atoms with van der Waals surface area (Å²) in [6.07, 6.45) is 0. The summed E-state index contributed by atoms with van der Waals surface area (Å²) >= 11 is 3.31. The van der Waals surface area contributed by atoms with E-state index >= 15 is 0 Å². The molecule has 0 aliphatic heterocycles. The molecule has 76 valence electrons. The van der Waals surface area contributed by atoms with Gasteiger partial charge in [0.15, 0.2) is 0 Å². The number of nitrogens with two attached hydrogens (primary N) is 1. The van der Waals surface area contributed by atoms with Gasteiger partial charge in [-0.3, -0.25) is 0 Å². The minimum absolute atomic E-state index is 0.191. The molecule has 0 amide bonds. The van der Waals surface area contributed by atoms with Crippen molar-refractivity contribution in [3.8, 4) is 5.75 Å². The van der Waals surface area contributed by atoms with Gasteiger partial charge in [-0.1, -0.05) is 19.9 Å². The van der Waals surface area contributed by atoms with Crippen LogP contribution in [0.15, 0.2) is 22.7 Å². The van der Waals surface area contributed by atoms with Gasteiger partial charge < -0.3 is 10.8 Å². The molecule has 2 rings (SSSR count). The highest BCUT2D eigenvalue weighted by atomic mass is 79.9. The zero-order chi connectivity index (χ0) is 10.5. The molecule has 0 heterocycles. The van der Waals surface area contributed by atoms with E-state index in [1.807, 2.05) is 12.1 Å². The summed E-state index contributed by atoms with van der Waals surface area (Å²) in [6.45, 7) is 4.34. The molecule has 1 aromatic carbocycles. The average molecular weight is 256 g/mol. The maximum Gasteiger partial charge on any atom is 0.129 e. The Morgan fingerprint density at radius 3 is 2.43 bits per heavy atom. The minimum atomic E-state index is 0.191. The average Bonchev–Trinajstić information content (AvgIpc) is 2.58. The third-order valence-electron chi connectivity index (χ3n) is 3.24. The quantitative estimate of drug-likeness (QED) is 0.811. The Balaban J connectivity index is 2.32. The number of hydrogen-bond donors (Lipinski definition) is 2. The van der Waals surface area contributed by atoms with Gasteiger partial charge in [0.25, 0.3) is 0 Å². The molecule has 0 radical (unpaired) electrons. The summed E-state index contributed by atoms with van der Waals surface area (Å²) in [4.78, 5) is 0. The number of rotatable bonds is 1. The monoisotopic (exact) mass is 255 g/mol. The van der Waals surface area contributed by atoms with Crippen LogP contribution in [0, 0.1) is 5.41 Å². The van der Waals surface area contributed by atoms with Crippen LogP contribution in [0.2, 0.25) is 0 Å². The summed E-state index contributed by atoms with van der Waals surface area (Å²) in [7, 11) is 0. The molecule has 3 heteroatoms. The molecule has 2 atom stereocenters. The summed E-state index contributed by atoms with van der Waals surface area (Å²) in [5.41, 5.74) is 7.38. The standard InChI is InChI=1S/C11H14BrNO/c1-11(2)9(10(11)13)6-3-4-8(14)7(12)5-6/h3-5,9-10,14H,13H2,1-2H3. The van der Waals surface area contributed by atoms with Crippen molar-refractivity contribution in [1.29, 1.82) is 0 Å². The van der Waals surface area contributed by atoms with Crippen molar-refractivity contribution in [2.24, 2.45) is 11.1 Å². The van der Waals surface area contributed by atoms with Crippen molar-refractivity contribution >= 4 is 15.9 Å². The summed E-state index contributed by atoms with van der Waals surface area (Å²) in [5, 5.41) is 9.36. The molecule has 2 unspecified atom stereocenters. The van der Waals surface area contributed by atoms with E-state index in [0.29, 0.717) is 5.92 Å². The first-order chi connectivity index (χ1) is 6.44. The van der Waals surface area contributed by atoms with Crippen molar-refractivity contribution in [2.45, 2.75) is 25.8 Å². The Morgan fingerprint density at radius 1 is 1.43 bits per heavy atom. The van der Waals surface area contributed by atoms with Gasteiger partial charge in [-0.05, 0) is 39.0 Å². The Morgan fingerprint density at radius 2 is 2.00 bits per heavy atom. The van der Waals surface area contributed by atoms with Gasteiger partial charge in [-0.25, -0.2) is 0 Å². The summed E-state index contributed by atoms with van der Waals surface area (Å²) in [5.74, 6) is 0.695. The second-order valence-corrected chi connectivity index (χ2v) is 5.39. The third kappa shape index (κ3) is 1.35. The van der Waals surface area contributed by atoms with Crippen molar-refractivity contribution < 1.29 is 5.11 Å². The van der Waals surface area contributed by atoms with Gasteiger partial charge in [-0.15, -0.1) is 0 Å². The second-order valence-electron chi connectivity index (χ2n) is 4.54. The molecule has 1 aliphatic carbocycles. The van der Waals surface area contributed by atoms with Gasteiger partial charge in [0.2, 0.25) is 0 Å². The molecule has 1 fully saturated rings. The smallest absolute Gasteiger partial charge is 0.129 e. The highest BCUT2D eigenvalue weighted by molar-refractivity contribution is 9.10. The number of aromatic hydroxyl groups is 1. The Bertz CT molecular complexity index is 376. The Hall–Kier alpha value is -0.540. The van der Waals surface area contributed by atoms with Crippen LogP contribution in [-0.4, -0.2) is 11.1 Å². The number of phenolic OH excluding ortho intramolecular Hbond substituents is 1. The van der Waals surface area contributed by atoms with Gasteiger partial charge in [0.1, 0.15) is 5.75 Å². The topological polar surface area (TPSA) is 46.2 Å². The molecule has 3 N–H and O–H groups in total. The number of benzene rings is 1. The zero-order valence-corrected chi connectivity index (χ0v) is 9.88. The highest BCUT2D eigenvalue weighted by Crippen LogP contribution is 2.57. The van der Waals surface area contributed by atoms with Crippen LogP contribution in [0.3, 0.4) is 0 Å². The largest absolute Gasteiger partial charge is 0.507 e. The van der Waals surface area contributed by atoms with Gasteiger partial charge >= 0.3 is 0 Å². The predicted molar refractivity (Wildman–Crippen MR) is 60.3 cm³/mol. The summed E-state index contributed by atoms with van der Waals surface area (Å²) in [6, 6.07) is 5.84. The molecule has 0 saturated heterocycles. The molecular weight excluding hydrogens is 242 g/mol. The van der Waals surface area contributed by atoms with Crippen LogP contribution >= 0.6 is 15.9 Å². The van der Waals surface area contributed by atoms with Crippen LogP contribution < -0.4 is 5.73 Å². The molecule has 2 nitrogen and oxygen atoms in total. The lowest BCUT2D eigenvalue weighted by Gasteiger charge is -2.04. The first kappa shape index (κ1) is 9.99. The van der Waals surface area contributed by atoms with Crippen LogP contribution in [0.1, 0.15) is 25.3 Å². The van der Waals surface area contributed by atoms with E-state index in [-0.39, 0.29) is 17.2 Å². The van der Waals surface area contributed by atoms with Crippen LogP contribution in [-0.2, 0) is 0 Å². The zero-order valence-electron chi connectivity index (χ0n) is 8.29. The minimum Gasteiger partial charge on any atom is -0.507 e. The van der Waals surface area contributed by atoms with E-state index in [1.54, 1.807) is 6.07 Å². The van der Waals surface area contributed by atoms with Crippen molar-refractivity contribution in [3.05, 3.63) is 28.2 Å². The van der Waals surface area contributed by atoms with Crippen molar-refractivity contribution in [3.63, 3.8) is 0 Å². The molecule has 1 aliphatic rings. The first-order valence-corrected chi connectivity index (χ1v) is 5.48. The fourth-order valence-electron chi connectivity index (χ4n) is 2.03. The van der Waals surface area contributed by atoms with Gasteiger partial charge in [-0.2, -0.15) is 0 Å². The maximum atomic E-state index is 9.36. The molecule has 1 saturated carbocycles. The Kier molecular flexibility index (Phi) is 2.12. The van der Waals surface area contributed by atoms with E-state index < -0.39 is 0 Å². The van der Waals surface area contributed by atoms with Crippen molar-refractivity contribution in [1.82, 2.24) is 0 Å². The number of hydrogen-bond acceptors (Lipinski definition) is 2. The molecule has 0 aromatic heterocycles. The van der Waals surface area contributed by atoms with E-state index in [4.69, 9.17) is 5.73 Å². The van der Waals surface area contributed by atoms with Gasteiger partial charge in [0.05, 0.1) is 4.47 Å². The predicted octanol–water partition coefficient (Wildman–Crippen LogP) is 2.61. The normalized spacial score (nSPS) is 28.9. The molecule has 14 heavy (non-hydrogen) atoms. The molecule has 0 spiro atoms. The molecule has 0 bridgehead atoms. The fourth-order valence-corrected chi connectivity index (χ4v) is 2.43. The third-order valence-corrected chi connectivity index (χ3v) is 3.88. The maximum absolute atomic E-state index is 9.36. The van der Waals surface area contributed by atoms with Crippen LogP contribution in [0.4, 0.5) is 0 Å². The van der Waals surface area contributed by atoms with Crippen LogP contribution in [0.5, 0.6) is 5.75 Å². The fraction of sp³-hybridized carbons (Fsp3) is 0.455. The van der Waals surface area contributed by atoms with Gasteiger partial charge in [0, 0.05) is 12.0 Å². The van der Waals surface area contributed by atoms with E-state index in [2.05, 4.69) is 29.8 Å². The van der Waals surface area contributed by atoms with E-state index in [9.17, 15) is 5.11 Å². The second kappa shape index (κ2) is 2.97. The molecule has 1 aromatic rings.